The summed E-state index contributed by atoms with van der Waals surface area (Å²) in [5.74, 6) is 2.69. The number of rotatable bonds is 7. The van der Waals surface area contributed by atoms with Crippen molar-refractivity contribution >= 4 is 0 Å². The second-order valence-corrected chi connectivity index (χ2v) is 3.65. The summed E-state index contributed by atoms with van der Waals surface area (Å²) in [6.45, 7) is 6.28. The van der Waals surface area contributed by atoms with Gasteiger partial charge in [-0.05, 0) is 32.4 Å². The van der Waals surface area contributed by atoms with Gasteiger partial charge in [-0.2, -0.15) is 0 Å². The first-order valence-corrected chi connectivity index (χ1v) is 5.26. The summed E-state index contributed by atoms with van der Waals surface area (Å²) >= 11 is 0. The summed E-state index contributed by atoms with van der Waals surface area (Å²) in [5, 5.41) is 3.50. The molecule has 0 atom stereocenters. The molecule has 0 saturated heterocycles. The Balaban J connectivity index is 1.92. The summed E-state index contributed by atoms with van der Waals surface area (Å²) in [5.41, 5.74) is 0. The zero-order chi connectivity index (χ0) is 9.52. The molecule has 1 aliphatic rings. The summed E-state index contributed by atoms with van der Waals surface area (Å²) in [6.07, 6.45) is 9.23. The van der Waals surface area contributed by atoms with Crippen molar-refractivity contribution in [2.45, 2.75) is 32.2 Å². The second-order valence-electron chi connectivity index (χ2n) is 3.65. The third kappa shape index (κ3) is 4.92. The first-order valence-electron chi connectivity index (χ1n) is 5.26. The molecular formula is C11H20N2. The molecule has 0 radical (unpaired) electrons. The van der Waals surface area contributed by atoms with E-state index in [1.165, 1.54) is 19.3 Å². The summed E-state index contributed by atoms with van der Waals surface area (Å²) in [7, 11) is 0. The van der Waals surface area contributed by atoms with Crippen LogP contribution >= 0.6 is 0 Å². The zero-order valence-corrected chi connectivity index (χ0v) is 8.55. The highest BCUT2D eigenvalue weighted by molar-refractivity contribution is 4.88. The van der Waals surface area contributed by atoms with Crippen LogP contribution in [0.1, 0.15) is 26.2 Å². The van der Waals surface area contributed by atoms with Gasteiger partial charge in [-0.3, -0.25) is 4.90 Å². The Morgan fingerprint density at radius 3 is 2.85 bits per heavy atom. The highest BCUT2D eigenvalue weighted by Crippen LogP contribution is 2.18. The van der Waals surface area contributed by atoms with E-state index in [2.05, 4.69) is 23.1 Å². The van der Waals surface area contributed by atoms with Crippen LogP contribution in [0.3, 0.4) is 0 Å². The van der Waals surface area contributed by atoms with Gasteiger partial charge in [0.25, 0.3) is 0 Å². The Bertz CT molecular complexity index is 167. The van der Waals surface area contributed by atoms with Crippen LogP contribution in [0.5, 0.6) is 0 Å². The van der Waals surface area contributed by atoms with Crippen molar-refractivity contribution in [2.75, 3.05) is 26.2 Å². The molecule has 0 amide bonds. The lowest BCUT2D eigenvalue weighted by Gasteiger charge is -2.16. The first-order chi connectivity index (χ1) is 6.36. The van der Waals surface area contributed by atoms with Crippen LogP contribution in [0.25, 0.3) is 0 Å². The molecule has 0 bridgehead atoms. The van der Waals surface area contributed by atoms with E-state index in [1.54, 1.807) is 0 Å². The Kier molecular flexibility index (Phi) is 4.88. The minimum Gasteiger partial charge on any atom is -0.314 e. The van der Waals surface area contributed by atoms with Gasteiger partial charge in [0.15, 0.2) is 0 Å². The van der Waals surface area contributed by atoms with Crippen LogP contribution in [-0.4, -0.2) is 37.1 Å². The molecule has 0 aliphatic heterocycles. The lowest BCUT2D eigenvalue weighted by Crippen LogP contribution is -2.28. The van der Waals surface area contributed by atoms with Crippen molar-refractivity contribution < 1.29 is 0 Å². The van der Waals surface area contributed by atoms with Gasteiger partial charge in [-0.25, -0.2) is 0 Å². The quantitative estimate of drug-likeness (QED) is 0.466. The first kappa shape index (κ1) is 10.6. The van der Waals surface area contributed by atoms with Crippen molar-refractivity contribution in [1.29, 1.82) is 0 Å². The fourth-order valence-corrected chi connectivity index (χ4v) is 1.37. The van der Waals surface area contributed by atoms with Crippen molar-refractivity contribution in [2.24, 2.45) is 0 Å². The molecule has 1 aliphatic carbocycles. The van der Waals surface area contributed by atoms with Crippen LogP contribution in [0, 0.1) is 12.3 Å². The molecule has 1 fully saturated rings. The molecule has 0 aromatic heterocycles. The third-order valence-electron chi connectivity index (χ3n) is 2.42. The maximum absolute atomic E-state index is 5.26. The van der Waals surface area contributed by atoms with Gasteiger partial charge in [0.05, 0.1) is 6.54 Å². The zero-order valence-electron chi connectivity index (χ0n) is 8.55. The second kappa shape index (κ2) is 6.01. The minimum absolute atomic E-state index is 0.792. The molecule has 0 aromatic carbocycles. The normalized spacial score (nSPS) is 16.1. The molecule has 0 unspecified atom stereocenters. The molecule has 0 aromatic rings. The number of hydrogen-bond acceptors (Lipinski definition) is 2. The van der Waals surface area contributed by atoms with Gasteiger partial charge in [-0.15, -0.1) is 6.42 Å². The molecule has 1 saturated carbocycles. The van der Waals surface area contributed by atoms with Crippen molar-refractivity contribution in [3.63, 3.8) is 0 Å². The summed E-state index contributed by atoms with van der Waals surface area (Å²) in [6, 6.07) is 0.836. The molecule has 13 heavy (non-hydrogen) atoms. The molecule has 1 rings (SSSR count). The van der Waals surface area contributed by atoms with Gasteiger partial charge in [0.2, 0.25) is 0 Å². The topological polar surface area (TPSA) is 15.3 Å². The van der Waals surface area contributed by atoms with E-state index in [0.717, 1.165) is 32.2 Å². The average molecular weight is 180 g/mol. The Morgan fingerprint density at radius 1 is 1.54 bits per heavy atom. The highest BCUT2D eigenvalue weighted by Gasteiger charge is 2.19. The lowest BCUT2D eigenvalue weighted by molar-refractivity contribution is 0.317. The molecule has 0 spiro atoms. The van der Waals surface area contributed by atoms with E-state index in [1.807, 2.05) is 0 Å². The monoisotopic (exact) mass is 180 g/mol. The molecule has 74 valence electrons. The van der Waals surface area contributed by atoms with Crippen LogP contribution in [0.2, 0.25) is 0 Å². The SMILES string of the molecule is C#CCN(CC)CCCNC1CC1. The number of nitrogens with zero attached hydrogens (tertiary/aromatic N) is 1. The molecule has 1 N–H and O–H groups in total. The molecule has 2 nitrogen and oxygen atoms in total. The third-order valence-corrected chi connectivity index (χ3v) is 2.42. The summed E-state index contributed by atoms with van der Waals surface area (Å²) in [4.78, 5) is 2.30. The minimum atomic E-state index is 0.792. The van der Waals surface area contributed by atoms with Crippen molar-refractivity contribution in [3.8, 4) is 12.3 Å². The molecule has 0 heterocycles. The van der Waals surface area contributed by atoms with Gasteiger partial charge >= 0.3 is 0 Å². The predicted molar refractivity (Wildman–Crippen MR) is 56.6 cm³/mol. The van der Waals surface area contributed by atoms with E-state index in [4.69, 9.17) is 6.42 Å². The fraction of sp³-hybridized carbons (Fsp3) is 0.818. The largest absolute Gasteiger partial charge is 0.314 e. The summed E-state index contributed by atoms with van der Waals surface area (Å²) < 4.78 is 0. The van der Waals surface area contributed by atoms with E-state index < -0.39 is 0 Å². The Morgan fingerprint density at radius 2 is 2.31 bits per heavy atom. The van der Waals surface area contributed by atoms with E-state index in [0.29, 0.717) is 0 Å². The number of hydrogen-bond donors (Lipinski definition) is 1. The van der Waals surface area contributed by atoms with Gasteiger partial charge in [-0.1, -0.05) is 12.8 Å². The van der Waals surface area contributed by atoms with Crippen LogP contribution in [0.15, 0.2) is 0 Å². The van der Waals surface area contributed by atoms with Gasteiger partial charge in [0, 0.05) is 12.6 Å². The molecule has 2 heteroatoms. The van der Waals surface area contributed by atoms with Crippen molar-refractivity contribution in [3.05, 3.63) is 0 Å². The fourth-order valence-electron chi connectivity index (χ4n) is 1.37. The smallest absolute Gasteiger partial charge is 0.0598 e. The van der Waals surface area contributed by atoms with Crippen LogP contribution in [-0.2, 0) is 0 Å². The number of nitrogens with one attached hydrogen (secondary N) is 1. The maximum atomic E-state index is 5.26. The van der Waals surface area contributed by atoms with Gasteiger partial charge in [0.1, 0.15) is 0 Å². The maximum Gasteiger partial charge on any atom is 0.0598 e. The lowest BCUT2D eigenvalue weighted by atomic mass is 10.3. The van der Waals surface area contributed by atoms with E-state index >= 15 is 0 Å². The molecular weight excluding hydrogens is 160 g/mol. The Hall–Kier alpha value is -0.520. The number of terminal acetylenes is 1. The predicted octanol–water partition coefficient (Wildman–Crippen LogP) is 1.08. The van der Waals surface area contributed by atoms with Gasteiger partial charge < -0.3 is 5.32 Å². The highest BCUT2D eigenvalue weighted by atomic mass is 15.1. The van der Waals surface area contributed by atoms with Crippen LogP contribution in [0.4, 0.5) is 0 Å². The van der Waals surface area contributed by atoms with Crippen LogP contribution < -0.4 is 5.32 Å². The Labute approximate surface area is 81.7 Å². The van der Waals surface area contributed by atoms with E-state index in [-0.39, 0.29) is 0 Å². The standard InChI is InChI=1S/C11H20N2/c1-3-9-13(4-2)10-5-8-12-11-6-7-11/h1,11-12H,4-10H2,2H3. The van der Waals surface area contributed by atoms with Crippen molar-refractivity contribution in [1.82, 2.24) is 10.2 Å². The average Bonchev–Trinajstić information content (AvgIpc) is 2.94. The van der Waals surface area contributed by atoms with E-state index in [9.17, 15) is 0 Å².